The third-order valence-corrected chi connectivity index (χ3v) is 13.1. The number of nitrogens with zero attached hydrogens (tertiary/aromatic N) is 2. The number of aryl methyl sites for hydroxylation is 3. The number of likely N-dealkylation sites (tertiary alicyclic amines) is 1. The van der Waals surface area contributed by atoms with E-state index < -0.39 is 58.8 Å². The molecule has 0 radical (unpaired) electrons. The number of benzene rings is 2. The third kappa shape index (κ3) is 13.1. The van der Waals surface area contributed by atoms with Crippen molar-refractivity contribution in [2.45, 2.75) is 162 Å². The van der Waals surface area contributed by atoms with Crippen molar-refractivity contribution in [2.75, 3.05) is 6.54 Å². The average molecular weight is 889 g/mol. The molecule has 2 aliphatic rings. The first-order valence-corrected chi connectivity index (χ1v) is 22.9. The lowest BCUT2D eigenvalue weighted by Crippen LogP contribution is -2.57. The summed E-state index contributed by atoms with van der Waals surface area (Å²) < 4.78 is 11.8. The number of carbonyl (C=O) groups is 5. The van der Waals surface area contributed by atoms with Crippen molar-refractivity contribution < 1.29 is 38.6 Å². The van der Waals surface area contributed by atoms with Crippen LogP contribution in [0.3, 0.4) is 0 Å². The Bertz CT molecular complexity index is 2110. The number of rotatable bonds is 18. The number of nitrogens with one attached hydrogen (secondary N) is 3. The van der Waals surface area contributed by atoms with E-state index in [0.29, 0.717) is 19.4 Å². The topological polar surface area (TPSA) is 202 Å². The van der Waals surface area contributed by atoms with Crippen LogP contribution in [0.15, 0.2) is 48.0 Å². The highest BCUT2D eigenvalue weighted by atomic mass is 32.1. The molecule has 0 bridgehead atoms. The summed E-state index contributed by atoms with van der Waals surface area (Å²) in [6.45, 7) is 19.1. The van der Waals surface area contributed by atoms with E-state index in [9.17, 15) is 29.1 Å². The molecule has 2 aromatic carbocycles. The first-order valence-electron chi connectivity index (χ1n) is 22.1. The Labute approximate surface area is 376 Å². The number of ether oxygens (including phenoxy) is 2. The molecule has 2 fully saturated rings. The number of aromatic nitrogens is 1. The second-order valence-corrected chi connectivity index (χ2v) is 20.4. The maximum atomic E-state index is 14.1. The van der Waals surface area contributed by atoms with Gasteiger partial charge in [0.15, 0.2) is 0 Å². The molecule has 1 aromatic heterocycles. The Kier molecular flexibility index (Phi) is 15.9. The van der Waals surface area contributed by atoms with E-state index in [1.54, 1.807) is 32.1 Å². The van der Waals surface area contributed by atoms with Crippen LogP contribution in [0.2, 0.25) is 0 Å². The molecule has 63 heavy (non-hydrogen) atoms. The number of primary amides is 1. The lowest BCUT2D eigenvalue weighted by molar-refractivity contribution is -0.144. The zero-order valence-electron chi connectivity index (χ0n) is 38.6. The van der Waals surface area contributed by atoms with Crippen LogP contribution >= 0.6 is 11.3 Å². The molecule has 0 spiro atoms. The minimum Gasteiger partial charge on any atom is -0.444 e. The monoisotopic (exact) mass is 888 g/mol. The molecular formula is C48H68N6O8S. The van der Waals surface area contributed by atoms with Gasteiger partial charge in [-0.15, -0.1) is 11.3 Å². The number of thiazole rings is 1. The SMILES string of the molecule is Cc1cc(CCCCC(=O)NC(C(=O)N2C[C@H](O)C[C@H]2C(=O)N[C@@H](C)c2ccc(-c3scnc3C)cc2)C(C)(C)C)ccc1CO[C@H](C)[C@]1(NC(=O)OC(C)(C)C)CC1CC(N)=O. The highest BCUT2D eigenvalue weighted by Gasteiger charge is 2.60. The van der Waals surface area contributed by atoms with Gasteiger partial charge in [0.1, 0.15) is 17.7 Å². The van der Waals surface area contributed by atoms with Crippen molar-refractivity contribution in [1.82, 2.24) is 25.8 Å². The van der Waals surface area contributed by atoms with Crippen LogP contribution in [-0.2, 0) is 41.7 Å². The second-order valence-electron chi connectivity index (χ2n) is 19.5. The molecule has 15 heteroatoms. The number of hydrogen-bond acceptors (Lipinski definition) is 10. The Balaban J connectivity index is 1.10. The van der Waals surface area contributed by atoms with Gasteiger partial charge < -0.3 is 41.2 Å². The van der Waals surface area contributed by atoms with Crippen molar-refractivity contribution in [1.29, 1.82) is 0 Å². The van der Waals surface area contributed by atoms with Gasteiger partial charge in [0.25, 0.3) is 0 Å². The number of nitrogens with two attached hydrogens (primary N) is 1. The van der Waals surface area contributed by atoms with E-state index in [0.717, 1.165) is 51.2 Å². The number of hydrogen-bond donors (Lipinski definition) is 5. The van der Waals surface area contributed by atoms with Crippen LogP contribution in [0.5, 0.6) is 0 Å². The molecule has 14 nitrogen and oxygen atoms in total. The molecule has 1 aliphatic heterocycles. The summed E-state index contributed by atoms with van der Waals surface area (Å²) in [4.78, 5) is 72.4. The maximum absolute atomic E-state index is 14.1. The normalized spacial score (nSPS) is 21.3. The predicted molar refractivity (Wildman–Crippen MR) is 243 cm³/mol. The van der Waals surface area contributed by atoms with Crippen molar-refractivity contribution >= 4 is 41.1 Å². The van der Waals surface area contributed by atoms with Gasteiger partial charge in [-0.25, -0.2) is 9.78 Å². The van der Waals surface area contributed by atoms with Crippen molar-refractivity contribution in [3.8, 4) is 10.4 Å². The second kappa shape index (κ2) is 20.3. The quantitative estimate of drug-likeness (QED) is 0.0876. The zero-order chi connectivity index (χ0) is 46.4. The van der Waals surface area contributed by atoms with E-state index in [1.165, 1.54) is 4.90 Å². The fourth-order valence-corrected chi connectivity index (χ4v) is 9.21. The Hall–Kier alpha value is -4.86. The van der Waals surface area contributed by atoms with E-state index in [2.05, 4.69) is 27.0 Å². The van der Waals surface area contributed by atoms with E-state index in [4.69, 9.17) is 15.2 Å². The van der Waals surface area contributed by atoms with Gasteiger partial charge in [-0.3, -0.25) is 19.2 Å². The number of aliphatic hydroxyl groups is 1. The van der Waals surface area contributed by atoms with Crippen LogP contribution < -0.4 is 21.7 Å². The van der Waals surface area contributed by atoms with Crippen molar-refractivity contribution in [3.63, 3.8) is 0 Å². The number of β-amino-alcohol motifs (C(OH)–C–C–N with tert-alkyl or cyclic N) is 1. The van der Waals surface area contributed by atoms with Crippen LogP contribution in [-0.4, -0.2) is 86.7 Å². The molecule has 7 atom stereocenters. The Morgan fingerprint density at radius 1 is 1.00 bits per heavy atom. The minimum atomic E-state index is -0.900. The molecule has 5 rings (SSSR count). The van der Waals surface area contributed by atoms with Gasteiger partial charge in [0.05, 0.1) is 46.5 Å². The Morgan fingerprint density at radius 2 is 1.70 bits per heavy atom. The standard InChI is InChI=1S/C48H68N6O8S/c1-28-21-32(15-16-35(28)26-61-31(4)48(24-36(48)22-39(49)56)53-45(60)62-47(8,9)10)13-11-12-14-40(57)52-42(46(5,6)7)44(59)54-25-37(55)23-38(54)43(58)51-29(2)33-17-19-34(20-18-33)41-30(3)50-27-63-41/h15-21,27,29,31,36-38,42,55H,11-14,22-26H2,1-10H3,(H2,49,56)(H,51,58)(H,52,57)(H,53,60)/t29-,31+,36?,37+,38-,42?,48+/m0/s1. The number of amides is 5. The largest absolute Gasteiger partial charge is 0.444 e. The predicted octanol–water partition coefficient (Wildman–Crippen LogP) is 6.57. The van der Waals surface area contributed by atoms with Gasteiger partial charge in [0, 0.05) is 25.8 Å². The summed E-state index contributed by atoms with van der Waals surface area (Å²) in [6, 6.07) is 12.0. The van der Waals surface area contributed by atoms with E-state index in [1.807, 2.05) is 90.4 Å². The van der Waals surface area contributed by atoms with Crippen molar-refractivity contribution in [2.24, 2.45) is 17.1 Å². The molecule has 2 heterocycles. The van der Waals surface area contributed by atoms with E-state index in [-0.39, 0.29) is 49.6 Å². The number of aliphatic hydroxyl groups excluding tert-OH is 1. The molecule has 1 aliphatic carbocycles. The summed E-state index contributed by atoms with van der Waals surface area (Å²) >= 11 is 1.58. The number of carbonyl (C=O) groups excluding carboxylic acids is 5. The molecule has 2 unspecified atom stereocenters. The highest BCUT2D eigenvalue weighted by molar-refractivity contribution is 7.13. The van der Waals surface area contributed by atoms with Gasteiger partial charge in [-0.2, -0.15) is 0 Å². The average Bonchev–Trinajstić information content (AvgIpc) is 3.45. The molecule has 5 amide bonds. The van der Waals surface area contributed by atoms with Crippen LogP contribution in [0, 0.1) is 25.2 Å². The van der Waals surface area contributed by atoms with E-state index >= 15 is 0 Å². The summed E-state index contributed by atoms with van der Waals surface area (Å²) in [5.41, 5.74) is 11.3. The molecule has 3 aromatic rings. The summed E-state index contributed by atoms with van der Waals surface area (Å²) in [6.07, 6.45) is 1.32. The first-order chi connectivity index (χ1) is 29.5. The Morgan fingerprint density at radius 3 is 2.30 bits per heavy atom. The van der Waals surface area contributed by atoms with Crippen LogP contribution in [0.1, 0.15) is 128 Å². The zero-order valence-corrected chi connectivity index (χ0v) is 39.4. The summed E-state index contributed by atoms with van der Waals surface area (Å²) in [5, 5.41) is 19.6. The maximum Gasteiger partial charge on any atom is 0.408 e. The summed E-state index contributed by atoms with van der Waals surface area (Å²) in [5.74, 6) is -1.57. The molecule has 6 N–H and O–H groups in total. The van der Waals surface area contributed by atoms with Gasteiger partial charge >= 0.3 is 6.09 Å². The molecular weight excluding hydrogens is 821 g/mol. The fraction of sp³-hybridized carbons (Fsp3) is 0.583. The number of alkyl carbamates (subject to hydrolysis) is 1. The molecule has 344 valence electrons. The first kappa shape index (κ1) is 49.2. The van der Waals surface area contributed by atoms with Gasteiger partial charge in [-0.05, 0) is 113 Å². The van der Waals surface area contributed by atoms with Gasteiger partial charge in [-0.1, -0.05) is 63.2 Å². The van der Waals surface area contributed by atoms with Crippen LogP contribution in [0.4, 0.5) is 4.79 Å². The minimum absolute atomic E-state index is 0.00349. The summed E-state index contributed by atoms with van der Waals surface area (Å²) in [7, 11) is 0. The third-order valence-electron chi connectivity index (χ3n) is 12.1. The highest BCUT2D eigenvalue weighted by Crippen LogP contribution is 2.49. The van der Waals surface area contributed by atoms with Crippen LogP contribution in [0.25, 0.3) is 10.4 Å². The molecule has 1 saturated heterocycles. The fourth-order valence-electron chi connectivity index (χ4n) is 8.39. The lowest BCUT2D eigenvalue weighted by Gasteiger charge is -2.35. The molecule has 1 saturated carbocycles. The lowest BCUT2D eigenvalue weighted by atomic mass is 9.85. The van der Waals surface area contributed by atoms with Crippen molar-refractivity contribution in [3.05, 3.63) is 75.9 Å². The smallest absolute Gasteiger partial charge is 0.408 e. The van der Waals surface area contributed by atoms with Gasteiger partial charge in [0.2, 0.25) is 23.6 Å². The number of unbranched alkanes of at least 4 members (excludes halogenated alkanes) is 1.